The minimum absolute atomic E-state index is 0.214. The van der Waals surface area contributed by atoms with E-state index >= 15 is 0 Å². The number of ether oxygens (including phenoxy) is 1. The summed E-state index contributed by atoms with van der Waals surface area (Å²) >= 11 is 0. The maximum Gasteiger partial charge on any atom is 0.410 e. The van der Waals surface area contributed by atoms with Crippen LogP contribution < -0.4 is 0 Å². The van der Waals surface area contributed by atoms with Crippen LogP contribution in [0.2, 0.25) is 0 Å². The Morgan fingerprint density at radius 1 is 0.958 bits per heavy atom. The lowest BCUT2D eigenvalue weighted by Gasteiger charge is -2.35. The van der Waals surface area contributed by atoms with Gasteiger partial charge in [-0.15, -0.1) is 0 Å². The first kappa shape index (κ1) is 21.2. The minimum atomic E-state index is -3.21. The fraction of sp³-hybridized carbons (Fsp3) is 0.941. The van der Waals surface area contributed by atoms with Gasteiger partial charge < -0.3 is 9.64 Å². The Labute approximate surface area is 147 Å². The third-order valence-electron chi connectivity index (χ3n) is 4.04. The van der Waals surface area contributed by atoms with E-state index in [1.54, 1.807) is 4.90 Å². The summed E-state index contributed by atoms with van der Waals surface area (Å²) in [5.41, 5.74) is -0.530. The molecule has 1 amide bonds. The van der Waals surface area contributed by atoms with E-state index in [9.17, 15) is 13.2 Å². The van der Waals surface area contributed by atoms with Crippen molar-refractivity contribution in [2.24, 2.45) is 0 Å². The molecule has 7 heteroatoms. The normalized spacial score (nSPS) is 17.1. The van der Waals surface area contributed by atoms with Gasteiger partial charge in [0.2, 0.25) is 10.0 Å². The number of amides is 1. The molecule has 24 heavy (non-hydrogen) atoms. The molecule has 1 heterocycles. The Kier molecular flexibility index (Phi) is 8.50. The zero-order chi connectivity index (χ0) is 18.2. The molecule has 1 rings (SSSR count). The lowest BCUT2D eigenvalue weighted by Crippen LogP contribution is -2.52. The molecule has 0 aromatic rings. The Bertz CT molecular complexity index is 477. The predicted molar refractivity (Wildman–Crippen MR) is 96.5 cm³/mol. The van der Waals surface area contributed by atoms with E-state index in [2.05, 4.69) is 6.92 Å². The molecule has 0 unspecified atom stereocenters. The van der Waals surface area contributed by atoms with Crippen molar-refractivity contribution in [3.63, 3.8) is 0 Å². The van der Waals surface area contributed by atoms with Gasteiger partial charge in [-0.3, -0.25) is 0 Å². The molecule has 0 N–H and O–H groups in total. The minimum Gasteiger partial charge on any atom is -0.444 e. The lowest BCUT2D eigenvalue weighted by molar-refractivity contribution is 0.0192. The number of hydrogen-bond acceptors (Lipinski definition) is 4. The quantitative estimate of drug-likeness (QED) is 0.622. The van der Waals surface area contributed by atoms with Crippen LogP contribution >= 0.6 is 0 Å². The maximum atomic E-state index is 12.4. The standard InChI is InChI=1S/C17H34N2O4S/c1-5-6-7-8-9-10-15-24(21,22)19-13-11-18(12-14-19)16(20)23-17(2,3)4/h5-15H2,1-4H3. The van der Waals surface area contributed by atoms with E-state index in [0.29, 0.717) is 26.2 Å². The third kappa shape index (κ3) is 7.83. The summed E-state index contributed by atoms with van der Waals surface area (Å²) in [6.07, 6.45) is 6.03. The highest BCUT2D eigenvalue weighted by atomic mass is 32.2. The zero-order valence-electron chi connectivity index (χ0n) is 15.7. The van der Waals surface area contributed by atoms with Crippen molar-refractivity contribution < 1.29 is 17.9 Å². The zero-order valence-corrected chi connectivity index (χ0v) is 16.5. The largest absolute Gasteiger partial charge is 0.444 e. The molecule has 0 bridgehead atoms. The first-order valence-electron chi connectivity index (χ1n) is 9.11. The molecule has 0 radical (unpaired) electrons. The van der Waals surface area contributed by atoms with Gasteiger partial charge >= 0.3 is 6.09 Å². The lowest BCUT2D eigenvalue weighted by atomic mass is 10.1. The number of unbranched alkanes of at least 4 members (excludes halogenated alkanes) is 5. The van der Waals surface area contributed by atoms with E-state index in [1.807, 2.05) is 20.8 Å². The van der Waals surface area contributed by atoms with Gasteiger partial charge in [0.05, 0.1) is 5.75 Å². The molecule has 0 spiro atoms. The second kappa shape index (κ2) is 9.61. The van der Waals surface area contributed by atoms with Crippen LogP contribution in [0.3, 0.4) is 0 Å². The Hall–Kier alpha value is -0.820. The van der Waals surface area contributed by atoms with Crippen LogP contribution in [0.1, 0.15) is 66.2 Å². The van der Waals surface area contributed by atoms with Gasteiger partial charge in [0.25, 0.3) is 0 Å². The molecular formula is C17H34N2O4S. The number of rotatable bonds is 8. The molecule has 0 aliphatic carbocycles. The smallest absolute Gasteiger partial charge is 0.410 e. The van der Waals surface area contributed by atoms with Crippen LogP contribution in [0.4, 0.5) is 4.79 Å². The van der Waals surface area contributed by atoms with Crippen LogP contribution in [0.15, 0.2) is 0 Å². The fourth-order valence-corrected chi connectivity index (χ4v) is 4.22. The van der Waals surface area contributed by atoms with Crippen molar-refractivity contribution in [3.8, 4) is 0 Å². The van der Waals surface area contributed by atoms with Crippen LogP contribution in [-0.4, -0.2) is 61.2 Å². The van der Waals surface area contributed by atoms with Crippen LogP contribution in [-0.2, 0) is 14.8 Å². The summed E-state index contributed by atoms with van der Waals surface area (Å²) in [5.74, 6) is 0.214. The molecule has 1 aliphatic rings. The molecule has 1 aliphatic heterocycles. The van der Waals surface area contributed by atoms with E-state index < -0.39 is 15.6 Å². The average molecular weight is 363 g/mol. The van der Waals surface area contributed by atoms with Crippen molar-refractivity contribution in [1.82, 2.24) is 9.21 Å². The first-order valence-corrected chi connectivity index (χ1v) is 10.7. The molecule has 1 saturated heterocycles. The SMILES string of the molecule is CCCCCCCCS(=O)(=O)N1CCN(C(=O)OC(C)(C)C)CC1. The monoisotopic (exact) mass is 362 g/mol. The maximum absolute atomic E-state index is 12.4. The van der Waals surface area contributed by atoms with E-state index in [-0.39, 0.29) is 11.8 Å². The van der Waals surface area contributed by atoms with Crippen molar-refractivity contribution in [3.05, 3.63) is 0 Å². The molecule has 142 valence electrons. The Balaban J connectivity index is 2.33. The van der Waals surface area contributed by atoms with Gasteiger partial charge in [0.15, 0.2) is 0 Å². The van der Waals surface area contributed by atoms with Gasteiger partial charge in [-0.1, -0.05) is 39.0 Å². The van der Waals surface area contributed by atoms with Crippen molar-refractivity contribution >= 4 is 16.1 Å². The van der Waals surface area contributed by atoms with Gasteiger partial charge in [0, 0.05) is 26.2 Å². The summed E-state index contributed by atoms with van der Waals surface area (Å²) in [5, 5.41) is 0. The molecule has 0 aromatic heterocycles. The first-order chi connectivity index (χ1) is 11.2. The highest BCUT2D eigenvalue weighted by Gasteiger charge is 2.30. The summed E-state index contributed by atoms with van der Waals surface area (Å²) in [4.78, 5) is 13.6. The molecule has 0 saturated carbocycles. The van der Waals surface area contributed by atoms with E-state index in [0.717, 1.165) is 19.3 Å². The Morgan fingerprint density at radius 3 is 2.04 bits per heavy atom. The van der Waals surface area contributed by atoms with Crippen molar-refractivity contribution in [2.75, 3.05) is 31.9 Å². The number of carbonyl (C=O) groups excluding carboxylic acids is 1. The van der Waals surface area contributed by atoms with Crippen molar-refractivity contribution in [2.45, 2.75) is 71.8 Å². The number of sulfonamides is 1. The van der Waals surface area contributed by atoms with Gasteiger partial charge in [-0.25, -0.2) is 13.2 Å². The molecule has 0 atom stereocenters. The van der Waals surface area contributed by atoms with Gasteiger partial charge in [-0.2, -0.15) is 4.31 Å². The van der Waals surface area contributed by atoms with Crippen LogP contribution in [0.5, 0.6) is 0 Å². The number of nitrogens with zero attached hydrogens (tertiary/aromatic N) is 2. The van der Waals surface area contributed by atoms with E-state index in [4.69, 9.17) is 4.74 Å². The van der Waals surface area contributed by atoms with Crippen LogP contribution in [0.25, 0.3) is 0 Å². The summed E-state index contributed by atoms with van der Waals surface area (Å²) in [6, 6.07) is 0. The Morgan fingerprint density at radius 2 is 1.50 bits per heavy atom. The number of carbonyl (C=O) groups is 1. The van der Waals surface area contributed by atoms with Crippen LogP contribution in [0, 0.1) is 0 Å². The topological polar surface area (TPSA) is 66.9 Å². The van der Waals surface area contributed by atoms with Crippen molar-refractivity contribution in [1.29, 1.82) is 0 Å². The predicted octanol–water partition coefficient (Wildman–Crippen LogP) is 3.23. The van der Waals surface area contributed by atoms with Gasteiger partial charge in [0.1, 0.15) is 5.60 Å². The van der Waals surface area contributed by atoms with Gasteiger partial charge in [-0.05, 0) is 27.2 Å². The second-order valence-corrected chi connectivity index (χ2v) is 9.54. The third-order valence-corrected chi connectivity index (χ3v) is 6.00. The highest BCUT2D eigenvalue weighted by Crippen LogP contribution is 2.15. The molecule has 1 fully saturated rings. The number of piperazine rings is 1. The second-order valence-electron chi connectivity index (χ2n) is 7.45. The summed E-state index contributed by atoms with van der Waals surface area (Å²) in [6.45, 7) is 9.15. The fourth-order valence-electron chi connectivity index (χ4n) is 2.67. The molecular weight excluding hydrogens is 328 g/mol. The summed E-state index contributed by atoms with van der Waals surface area (Å²) < 4.78 is 31.6. The molecule has 6 nitrogen and oxygen atoms in total. The van der Waals surface area contributed by atoms with E-state index in [1.165, 1.54) is 23.6 Å². The number of hydrogen-bond donors (Lipinski definition) is 0. The summed E-state index contributed by atoms with van der Waals surface area (Å²) in [7, 11) is -3.21. The average Bonchev–Trinajstić information content (AvgIpc) is 2.49. The molecule has 0 aromatic carbocycles. The highest BCUT2D eigenvalue weighted by molar-refractivity contribution is 7.89.